The highest BCUT2D eigenvalue weighted by atomic mass is 32.1. The van der Waals surface area contributed by atoms with Crippen molar-refractivity contribution in [2.24, 2.45) is 0 Å². The SMILES string of the molecule is CCOC(=O)c1csc(-c2cccc(N)n2)n1. The van der Waals surface area contributed by atoms with E-state index >= 15 is 0 Å². The Kier molecular flexibility index (Phi) is 3.34. The van der Waals surface area contributed by atoms with E-state index in [1.165, 1.54) is 11.3 Å². The molecule has 2 aromatic heterocycles. The lowest BCUT2D eigenvalue weighted by Gasteiger charge is -1.97. The molecule has 0 aromatic carbocycles. The van der Waals surface area contributed by atoms with Gasteiger partial charge in [0.05, 0.1) is 6.61 Å². The van der Waals surface area contributed by atoms with Crippen LogP contribution in [0, 0.1) is 0 Å². The third-order valence-electron chi connectivity index (χ3n) is 1.98. The number of rotatable bonds is 3. The van der Waals surface area contributed by atoms with Crippen molar-refractivity contribution in [3.8, 4) is 10.7 Å². The van der Waals surface area contributed by atoms with Crippen LogP contribution in [-0.4, -0.2) is 22.5 Å². The van der Waals surface area contributed by atoms with Gasteiger partial charge in [0.25, 0.3) is 0 Å². The van der Waals surface area contributed by atoms with E-state index in [-0.39, 0.29) is 0 Å². The van der Waals surface area contributed by atoms with E-state index in [1.54, 1.807) is 30.5 Å². The molecule has 17 heavy (non-hydrogen) atoms. The first kappa shape index (κ1) is 11.5. The molecule has 0 aliphatic heterocycles. The lowest BCUT2D eigenvalue weighted by atomic mass is 10.3. The second-order valence-corrected chi connectivity index (χ2v) is 4.06. The second-order valence-electron chi connectivity index (χ2n) is 3.21. The van der Waals surface area contributed by atoms with Gasteiger partial charge in [-0.05, 0) is 19.1 Å². The number of hydrogen-bond acceptors (Lipinski definition) is 6. The normalized spacial score (nSPS) is 10.2. The minimum atomic E-state index is -0.418. The van der Waals surface area contributed by atoms with Crippen LogP contribution >= 0.6 is 11.3 Å². The van der Waals surface area contributed by atoms with Crippen LogP contribution in [-0.2, 0) is 4.74 Å². The van der Waals surface area contributed by atoms with E-state index in [4.69, 9.17) is 10.5 Å². The van der Waals surface area contributed by atoms with E-state index in [1.807, 2.05) is 0 Å². The monoisotopic (exact) mass is 249 g/mol. The fourth-order valence-corrected chi connectivity index (χ4v) is 2.02. The lowest BCUT2D eigenvalue weighted by Crippen LogP contribution is -2.04. The minimum absolute atomic E-state index is 0.302. The van der Waals surface area contributed by atoms with E-state index in [0.717, 1.165) is 0 Å². The van der Waals surface area contributed by atoms with Crippen LogP contribution in [0.4, 0.5) is 5.82 Å². The first-order valence-electron chi connectivity index (χ1n) is 5.06. The Labute approximate surface area is 102 Å². The number of ether oxygens (including phenoxy) is 1. The predicted molar refractivity (Wildman–Crippen MR) is 65.7 cm³/mol. The summed E-state index contributed by atoms with van der Waals surface area (Å²) in [6.45, 7) is 2.09. The maximum absolute atomic E-state index is 11.4. The lowest BCUT2D eigenvalue weighted by molar-refractivity contribution is 0.0520. The number of thiazole rings is 1. The van der Waals surface area contributed by atoms with Gasteiger partial charge in [-0.3, -0.25) is 0 Å². The topological polar surface area (TPSA) is 78.1 Å². The van der Waals surface area contributed by atoms with Crippen molar-refractivity contribution >= 4 is 23.1 Å². The molecule has 2 rings (SSSR count). The number of hydrogen-bond donors (Lipinski definition) is 1. The zero-order valence-corrected chi connectivity index (χ0v) is 10.0. The summed E-state index contributed by atoms with van der Waals surface area (Å²) in [6.07, 6.45) is 0. The van der Waals surface area contributed by atoms with Crippen LogP contribution in [0.15, 0.2) is 23.6 Å². The molecule has 6 heteroatoms. The minimum Gasteiger partial charge on any atom is -0.461 e. The number of pyridine rings is 1. The number of esters is 1. The summed E-state index contributed by atoms with van der Waals surface area (Å²) in [5, 5.41) is 2.30. The summed E-state index contributed by atoms with van der Waals surface area (Å²) in [5.41, 5.74) is 6.54. The largest absolute Gasteiger partial charge is 0.461 e. The molecule has 0 aliphatic rings. The van der Waals surface area contributed by atoms with Gasteiger partial charge >= 0.3 is 5.97 Å². The summed E-state index contributed by atoms with van der Waals surface area (Å²) in [5.74, 6) is 0.00860. The Bertz CT molecular complexity index is 539. The molecule has 0 saturated heterocycles. The highest BCUT2D eigenvalue weighted by molar-refractivity contribution is 7.13. The van der Waals surface area contributed by atoms with Crippen molar-refractivity contribution in [3.63, 3.8) is 0 Å². The van der Waals surface area contributed by atoms with Crippen LogP contribution in [0.3, 0.4) is 0 Å². The molecule has 0 bridgehead atoms. The average Bonchev–Trinajstić information content (AvgIpc) is 2.78. The van der Waals surface area contributed by atoms with Crippen LogP contribution in [0.5, 0.6) is 0 Å². The van der Waals surface area contributed by atoms with Crippen molar-refractivity contribution in [3.05, 3.63) is 29.3 Å². The van der Waals surface area contributed by atoms with Gasteiger partial charge in [0.2, 0.25) is 0 Å². The van der Waals surface area contributed by atoms with Gasteiger partial charge in [0.15, 0.2) is 5.69 Å². The van der Waals surface area contributed by atoms with Crippen molar-refractivity contribution in [2.75, 3.05) is 12.3 Å². The molecule has 0 radical (unpaired) electrons. The highest BCUT2D eigenvalue weighted by Crippen LogP contribution is 2.22. The third kappa shape index (κ3) is 2.59. The molecule has 2 heterocycles. The third-order valence-corrected chi connectivity index (χ3v) is 2.84. The Morgan fingerprint density at radius 3 is 3.00 bits per heavy atom. The molecule has 0 fully saturated rings. The maximum Gasteiger partial charge on any atom is 0.357 e. The van der Waals surface area contributed by atoms with Crippen LogP contribution in [0.1, 0.15) is 17.4 Å². The van der Waals surface area contributed by atoms with Crippen LogP contribution in [0.2, 0.25) is 0 Å². The molecule has 5 nitrogen and oxygen atoms in total. The van der Waals surface area contributed by atoms with Gasteiger partial charge < -0.3 is 10.5 Å². The van der Waals surface area contributed by atoms with E-state index in [2.05, 4.69) is 9.97 Å². The number of aromatic nitrogens is 2. The number of nitrogen functional groups attached to an aromatic ring is 1. The van der Waals surface area contributed by atoms with E-state index < -0.39 is 5.97 Å². The van der Waals surface area contributed by atoms with Gasteiger partial charge in [-0.15, -0.1) is 11.3 Å². The van der Waals surface area contributed by atoms with Gasteiger partial charge in [0.1, 0.15) is 16.5 Å². The van der Waals surface area contributed by atoms with Crippen molar-refractivity contribution in [2.45, 2.75) is 6.92 Å². The standard InChI is InChI=1S/C11H11N3O2S/c1-2-16-11(15)8-6-17-10(14-8)7-4-3-5-9(12)13-7/h3-6H,2H2,1H3,(H2,12,13). The number of carbonyl (C=O) groups excluding carboxylic acids is 1. The second kappa shape index (κ2) is 4.92. The van der Waals surface area contributed by atoms with Crippen molar-refractivity contribution < 1.29 is 9.53 Å². The maximum atomic E-state index is 11.4. The summed E-state index contributed by atoms with van der Waals surface area (Å²) in [7, 11) is 0. The first-order chi connectivity index (χ1) is 8.20. The summed E-state index contributed by atoms with van der Waals surface area (Å²) in [6, 6.07) is 5.29. The molecule has 0 unspecified atom stereocenters. The number of nitrogens with zero attached hydrogens (tertiary/aromatic N) is 2. The van der Waals surface area contributed by atoms with Gasteiger partial charge in [-0.25, -0.2) is 14.8 Å². The molecule has 2 aromatic rings. The average molecular weight is 249 g/mol. The highest BCUT2D eigenvalue weighted by Gasteiger charge is 2.13. The molecule has 0 saturated carbocycles. The molecule has 2 N–H and O–H groups in total. The molecular formula is C11H11N3O2S. The number of nitrogens with two attached hydrogens (primary N) is 1. The molecule has 0 amide bonds. The van der Waals surface area contributed by atoms with Crippen molar-refractivity contribution in [1.29, 1.82) is 0 Å². The Hall–Kier alpha value is -1.95. The van der Waals surface area contributed by atoms with Crippen LogP contribution in [0.25, 0.3) is 10.7 Å². The summed E-state index contributed by atoms with van der Waals surface area (Å²) >= 11 is 1.34. The molecule has 88 valence electrons. The fraction of sp³-hybridized carbons (Fsp3) is 0.182. The van der Waals surface area contributed by atoms with E-state index in [9.17, 15) is 4.79 Å². The van der Waals surface area contributed by atoms with Crippen LogP contribution < -0.4 is 5.73 Å². The summed E-state index contributed by atoms with van der Waals surface area (Å²) in [4.78, 5) is 19.7. The smallest absolute Gasteiger partial charge is 0.357 e. The molecule has 0 aliphatic carbocycles. The fourth-order valence-electron chi connectivity index (χ4n) is 1.26. The first-order valence-corrected chi connectivity index (χ1v) is 5.94. The molecule has 0 atom stereocenters. The van der Waals surface area contributed by atoms with Gasteiger partial charge in [-0.2, -0.15) is 0 Å². The zero-order chi connectivity index (χ0) is 12.3. The summed E-state index contributed by atoms with van der Waals surface area (Å²) < 4.78 is 4.86. The molecule has 0 spiro atoms. The Balaban J connectivity index is 2.27. The van der Waals surface area contributed by atoms with Gasteiger partial charge in [-0.1, -0.05) is 6.07 Å². The quantitative estimate of drug-likeness (QED) is 0.841. The number of anilines is 1. The molecular weight excluding hydrogens is 238 g/mol. The number of carbonyl (C=O) groups is 1. The zero-order valence-electron chi connectivity index (χ0n) is 9.21. The Morgan fingerprint density at radius 2 is 2.29 bits per heavy atom. The van der Waals surface area contributed by atoms with Gasteiger partial charge in [0, 0.05) is 5.38 Å². The van der Waals surface area contributed by atoms with Crippen molar-refractivity contribution in [1.82, 2.24) is 9.97 Å². The Morgan fingerprint density at radius 1 is 1.47 bits per heavy atom. The van der Waals surface area contributed by atoms with E-state index in [0.29, 0.717) is 28.8 Å². The predicted octanol–water partition coefficient (Wildman–Crippen LogP) is 1.96.